The predicted molar refractivity (Wildman–Crippen MR) is 78.7 cm³/mol. The molecule has 0 radical (unpaired) electrons. The van der Waals surface area contributed by atoms with Crippen molar-refractivity contribution in [3.63, 3.8) is 0 Å². The Balaban J connectivity index is 2.63. The van der Waals surface area contributed by atoms with Gasteiger partial charge in [0.05, 0.1) is 12.2 Å². The molecule has 2 rings (SSSR count). The van der Waals surface area contributed by atoms with Crippen molar-refractivity contribution in [2.24, 2.45) is 0 Å². The molecule has 0 fully saturated rings. The van der Waals surface area contributed by atoms with Crippen LogP contribution in [0.25, 0.3) is 11.0 Å². The van der Waals surface area contributed by atoms with Crippen LogP contribution < -0.4 is 10.4 Å². The quantitative estimate of drug-likeness (QED) is 0.792. The Morgan fingerprint density at radius 1 is 1.38 bits per heavy atom. The molecule has 0 bridgehead atoms. The van der Waals surface area contributed by atoms with Gasteiger partial charge in [-0.1, -0.05) is 0 Å². The van der Waals surface area contributed by atoms with E-state index in [4.69, 9.17) is 13.9 Å². The fourth-order valence-electron chi connectivity index (χ4n) is 2.09. The zero-order valence-electron chi connectivity index (χ0n) is 12.6. The van der Waals surface area contributed by atoms with E-state index in [2.05, 4.69) is 0 Å². The average Bonchev–Trinajstić information content (AvgIpc) is 2.41. The number of Topliss-reactive ketones (excluding diaryl/α,β-unsaturated/α-hetero) is 1. The normalized spacial score (nSPS) is 12.4. The number of ketones is 1. The Kier molecular flexibility index (Phi) is 4.43. The van der Waals surface area contributed by atoms with E-state index in [0.29, 0.717) is 16.9 Å². The van der Waals surface area contributed by atoms with Gasteiger partial charge < -0.3 is 13.9 Å². The summed E-state index contributed by atoms with van der Waals surface area (Å²) in [6.45, 7) is 5.21. The van der Waals surface area contributed by atoms with Crippen molar-refractivity contribution in [2.75, 3.05) is 7.11 Å². The second kappa shape index (κ2) is 6.10. The molecule has 5 heteroatoms. The third-order valence-corrected chi connectivity index (χ3v) is 3.34. The van der Waals surface area contributed by atoms with Crippen LogP contribution in [0.2, 0.25) is 0 Å². The fraction of sp³-hybridized carbons (Fsp3) is 0.375. The van der Waals surface area contributed by atoms with Gasteiger partial charge in [-0.3, -0.25) is 4.79 Å². The average molecular weight is 290 g/mol. The molecule has 0 spiro atoms. The molecular formula is C16H18O5. The predicted octanol–water partition coefficient (Wildman–Crippen LogP) is 2.60. The van der Waals surface area contributed by atoms with Gasteiger partial charge in [-0.05, 0) is 38.5 Å². The van der Waals surface area contributed by atoms with Crippen molar-refractivity contribution in [3.8, 4) is 5.75 Å². The monoisotopic (exact) mass is 290 g/mol. The molecule has 1 atom stereocenters. The van der Waals surface area contributed by atoms with Crippen LogP contribution in [0.4, 0.5) is 0 Å². The molecule has 0 saturated heterocycles. The molecule has 2 aromatic rings. The zero-order chi connectivity index (χ0) is 15.6. The molecule has 0 saturated carbocycles. The van der Waals surface area contributed by atoms with Crippen LogP contribution in [-0.2, 0) is 16.1 Å². The topological polar surface area (TPSA) is 65.7 Å². The van der Waals surface area contributed by atoms with E-state index in [0.717, 1.165) is 10.9 Å². The molecule has 1 aromatic carbocycles. The number of carbonyl (C=O) groups excluding carboxylic acids is 1. The molecule has 5 nitrogen and oxygen atoms in total. The summed E-state index contributed by atoms with van der Waals surface area (Å²) in [5, 5.41) is 0.824. The molecule has 21 heavy (non-hydrogen) atoms. The lowest BCUT2D eigenvalue weighted by Crippen LogP contribution is -2.21. The van der Waals surface area contributed by atoms with E-state index in [1.165, 1.54) is 13.0 Å². The zero-order valence-corrected chi connectivity index (χ0v) is 12.6. The Labute approximate surface area is 122 Å². The first-order chi connectivity index (χ1) is 9.93. The minimum atomic E-state index is -0.574. The molecule has 0 aliphatic rings. The summed E-state index contributed by atoms with van der Waals surface area (Å²) >= 11 is 0. The van der Waals surface area contributed by atoms with E-state index < -0.39 is 11.7 Å². The number of rotatable bonds is 5. The summed E-state index contributed by atoms with van der Waals surface area (Å²) in [6, 6.07) is 5.02. The fourth-order valence-corrected chi connectivity index (χ4v) is 2.09. The number of aryl methyl sites for hydroxylation is 1. The van der Waals surface area contributed by atoms with Crippen molar-refractivity contribution < 1.29 is 18.7 Å². The lowest BCUT2D eigenvalue weighted by Gasteiger charge is -2.16. The molecule has 0 aliphatic carbocycles. The maximum atomic E-state index is 11.6. The molecule has 1 unspecified atom stereocenters. The van der Waals surface area contributed by atoms with Gasteiger partial charge in [0, 0.05) is 18.6 Å². The van der Waals surface area contributed by atoms with Gasteiger partial charge in [0.15, 0.2) is 11.9 Å². The summed E-state index contributed by atoms with van der Waals surface area (Å²) in [5.74, 6) is 0.407. The number of benzene rings is 1. The smallest absolute Gasteiger partial charge is 0.336 e. The van der Waals surface area contributed by atoms with E-state index in [-0.39, 0.29) is 12.4 Å². The van der Waals surface area contributed by atoms with E-state index in [1.807, 2.05) is 13.0 Å². The highest BCUT2D eigenvalue weighted by Gasteiger charge is 2.17. The molecule has 1 heterocycles. The van der Waals surface area contributed by atoms with Crippen molar-refractivity contribution in [2.45, 2.75) is 33.5 Å². The lowest BCUT2D eigenvalue weighted by atomic mass is 10.1. The standard InChI is InChI=1S/C16H18O5/c1-9-7-15(18)21-16-12(9)5-6-14(13(16)8-19-4)20-11(3)10(2)17/h5-7,11H,8H2,1-4H3. The van der Waals surface area contributed by atoms with Crippen molar-refractivity contribution in [1.29, 1.82) is 0 Å². The Hall–Kier alpha value is -2.14. The van der Waals surface area contributed by atoms with Crippen molar-refractivity contribution in [1.82, 2.24) is 0 Å². The first kappa shape index (κ1) is 15.3. The summed E-state index contributed by atoms with van der Waals surface area (Å²) in [6.07, 6.45) is -0.574. The number of carbonyl (C=O) groups is 1. The maximum Gasteiger partial charge on any atom is 0.336 e. The third kappa shape index (κ3) is 3.13. The number of hydrogen-bond acceptors (Lipinski definition) is 5. The molecule has 0 aliphatic heterocycles. The van der Waals surface area contributed by atoms with E-state index in [9.17, 15) is 9.59 Å². The number of methoxy groups -OCH3 is 1. The van der Waals surface area contributed by atoms with Gasteiger partial charge in [0.25, 0.3) is 0 Å². The number of hydrogen-bond donors (Lipinski definition) is 0. The highest BCUT2D eigenvalue weighted by molar-refractivity contribution is 5.85. The lowest BCUT2D eigenvalue weighted by molar-refractivity contribution is -0.122. The van der Waals surface area contributed by atoms with Gasteiger partial charge in [0.1, 0.15) is 11.3 Å². The largest absolute Gasteiger partial charge is 0.482 e. The Bertz CT molecular complexity index is 729. The van der Waals surface area contributed by atoms with Crippen molar-refractivity contribution in [3.05, 3.63) is 39.7 Å². The summed E-state index contributed by atoms with van der Waals surface area (Å²) in [7, 11) is 1.55. The van der Waals surface area contributed by atoms with Gasteiger partial charge in [0.2, 0.25) is 0 Å². The van der Waals surface area contributed by atoms with E-state index in [1.54, 1.807) is 20.1 Å². The molecular weight excluding hydrogens is 272 g/mol. The van der Waals surface area contributed by atoms with E-state index >= 15 is 0 Å². The van der Waals surface area contributed by atoms with Crippen LogP contribution in [-0.4, -0.2) is 19.0 Å². The molecule has 1 aromatic heterocycles. The molecule has 112 valence electrons. The minimum absolute atomic E-state index is 0.0795. The highest BCUT2D eigenvalue weighted by atomic mass is 16.5. The van der Waals surface area contributed by atoms with Crippen LogP contribution >= 0.6 is 0 Å². The van der Waals surface area contributed by atoms with Crippen LogP contribution in [0, 0.1) is 6.92 Å². The first-order valence-corrected chi connectivity index (χ1v) is 6.66. The Morgan fingerprint density at radius 2 is 2.10 bits per heavy atom. The summed E-state index contributed by atoms with van der Waals surface area (Å²) in [4.78, 5) is 23.0. The number of fused-ring (bicyclic) bond motifs is 1. The van der Waals surface area contributed by atoms with Crippen LogP contribution in [0.5, 0.6) is 5.75 Å². The van der Waals surface area contributed by atoms with Crippen LogP contribution in [0.1, 0.15) is 25.0 Å². The third-order valence-electron chi connectivity index (χ3n) is 3.34. The SMILES string of the molecule is COCc1c(OC(C)C(C)=O)ccc2c(C)cc(=O)oc12. The summed E-state index contributed by atoms with van der Waals surface area (Å²) in [5.41, 5.74) is 1.47. The van der Waals surface area contributed by atoms with Crippen LogP contribution in [0.15, 0.2) is 27.4 Å². The molecule has 0 N–H and O–H groups in total. The van der Waals surface area contributed by atoms with Gasteiger partial charge in [-0.25, -0.2) is 4.79 Å². The van der Waals surface area contributed by atoms with Gasteiger partial charge in [-0.15, -0.1) is 0 Å². The Morgan fingerprint density at radius 3 is 2.71 bits per heavy atom. The van der Waals surface area contributed by atoms with Gasteiger partial charge in [-0.2, -0.15) is 0 Å². The number of ether oxygens (including phenoxy) is 2. The van der Waals surface area contributed by atoms with Crippen LogP contribution in [0.3, 0.4) is 0 Å². The highest BCUT2D eigenvalue weighted by Crippen LogP contribution is 2.30. The maximum absolute atomic E-state index is 11.6. The first-order valence-electron chi connectivity index (χ1n) is 6.66. The van der Waals surface area contributed by atoms with Gasteiger partial charge >= 0.3 is 5.63 Å². The second-order valence-electron chi connectivity index (χ2n) is 4.97. The molecule has 0 amide bonds. The van der Waals surface area contributed by atoms with Crippen molar-refractivity contribution >= 4 is 16.8 Å². The summed E-state index contributed by atoms with van der Waals surface area (Å²) < 4.78 is 16.1. The minimum Gasteiger partial charge on any atom is -0.482 e. The second-order valence-corrected chi connectivity index (χ2v) is 4.97.